The van der Waals surface area contributed by atoms with E-state index in [1.54, 1.807) is 6.92 Å². The van der Waals surface area contributed by atoms with Crippen LogP contribution < -0.4 is 4.74 Å². The second-order valence-corrected chi connectivity index (χ2v) is 4.45. The monoisotopic (exact) mass is 365 g/mol. The van der Waals surface area contributed by atoms with Crippen LogP contribution in [0.25, 0.3) is 0 Å². The van der Waals surface area contributed by atoms with E-state index < -0.39 is 18.1 Å². The fourth-order valence-corrected chi connectivity index (χ4v) is 2.13. The summed E-state index contributed by atoms with van der Waals surface area (Å²) in [5.74, 6) is -1.10. The number of ether oxygens (including phenoxy) is 2. The van der Waals surface area contributed by atoms with Gasteiger partial charge < -0.3 is 9.47 Å². The van der Waals surface area contributed by atoms with Crippen LogP contribution in [-0.2, 0) is 21.3 Å². The van der Waals surface area contributed by atoms with Crippen molar-refractivity contribution in [2.75, 3.05) is 6.61 Å². The van der Waals surface area contributed by atoms with Crippen molar-refractivity contribution in [3.63, 3.8) is 0 Å². The molecule has 1 rings (SSSR count). The van der Waals surface area contributed by atoms with Crippen molar-refractivity contribution in [3.05, 3.63) is 28.8 Å². The van der Waals surface area contributed by atoms with E-state index in [9.17, 15) is 18.0 Å². The van der Waals surface area contributed by atoms with Crippen LogP contribution in [0.2, 0.25) is 0 Å². The number of rotatable bonds is 5. The van der Waals surface area contributed by atoms with E-state index >= 15 is 0 Å². The summed E-state index contributed by atoms with van der Waals surface area (Å²) in [5, 5.41) is 9.26. The molecule has 114 valence electrons. The van der Waals surface area contributed by atoms with Gasteiger partial charge in [0.25, 0.3) is 0 Å². The molecule has 21 heavy (non-hydrogen) atoms. The van der Waals surface area contributed by atoms with E-state index in [4.69, 9.17) is 10.00 Å². The van der Waals surface area contributed by atoms with Crippen LogP contribution in [0.4, 0.5) is 13.2 Å². The molecule has 0 saturated heterocycles. The first-order chi connectivity index (χ1) is 9.80. The van der Waals surface area contributed by atoms with Crippen LogP contribution in [0.1, 0.15) is 23.6 Å². The van der Waals surface area contributed by atoms with Gasteiger partial charge in [-0.05, 0) is 30.2 Å². The van der Waals surface area contributed by atoms with E-state index in [0.29, 0.717) is 5.56 Å². The van der Waals surface area contributed by atoms with Gasteiger partial charge in [-0.15, -0.1) is 13.2 Å². The Morgan fingerprint density at radius 3 is 2.48 bits per heavy atom. The van der Waals surface area contributed by atoms with Crippen molar-refractivity contribution in [3.8, 4) is 11.8 Å². The first kappa shape index (κ1) is 17.3. The van der Waals surface area contributed by atoms with Gasteiger partial charge in [-0.2, -0.15) is 5.26 Å². The van der Waals surface area contributed by atoms with Crippen LogP contribution in [0.5, 0.6) is 5.75 Å². The number of carbonyl (C=O) groups is 1. The van der Waals surface area contributed by atoms with Gasteiger partial charge in [0.1, 0.15) is 5.75 Å². The maximum Gasteiger partial charge on any atom is 0.573 e. The molecular formula is C13H11BrF3NO3. The molecule has 0 aliphatic carbocycles. The lowest BCUT2D eigenvalue weighted by molar-refractivity contribution is -0.274. The summed E-state index contributed by atoms with van der Waals surface area (Å²) in [5.41, 5.74) is 0.570. The van der Waals surface area contributed by atoms with Crippen LogP contribution in [-0.4, -0.2) is 18.9 Å². The standard InChI is InChI=1S/C13H11BrF3NO3/c1-2-20-12(19)5-8-3-10(21-13(15,16)17)4-9(6-14)11(8)7-18/h3-4H,2,5-6H2,1H3. The fraction of sp³-hybridized carbons (Fsp3) is 0.385. The van der Waals surface area contributed by atoms with Gasteiger partial charge in [0.15, 0.2) is 0 Å². The summed E-state index contributed by atoms with van der Waals surface area (Å²) in [4.78, 5) is 11.5. The van der Waals surface area contributed by atoms with Crippen LogP contribution in [0, 0.1) is 11.3 Å². The number of halogens is 4. The number of nitriles is 1. The molecule has 0 saturated carbocycles. The Balaban J connectivity index is 3.22. The smallest absolute Gasteiger partial charge is 0.466 e. The molecule has 0 N–H and O–H groups in total. The number of hydrogen-bond acceptors (Lipinski definition) is 4. The molecule has 0 fully saturated rings. The third kappa shape index (κ3) is 5.27. The van der Waals surface area contributed by atoms with Gasteiger partial charge in [0.2, 0.25) is 0 Å². The quantitative estimate of drug-likeness (QED) is 0.592. The molecule has 0 amide bonds. The van der Waals surface area contributed by atoms with E-state index in [0.717, 1.165) is 12.1 Å². The van der Waals surface area contributed by atoms with Gasteiger partial charge in [-0.3, -0.25) is 4.79 Å². The summed E-state index contributed by atoms with van der Waals surface area (Å²) in [6.07, 6.45) is -5.15. The van der Waals surface area contributed by atoms with Crippen molar-refractivity contribution in [1.82, 2.24) is 0 Å². The summed E-state index contributed by atoms with van der Waals surface area (Å²) in [7, 11) is 0. The van der Waals surface area contributed by atoms with Crippen LogP contribution in [0.15, 0.2) is 12.1 Å². The molecule has 0 atom stereocenters. The Bertz CT molecular complexity index is 567. The summed E-state index contributed by atoms with van der Waals surface area (Å²) < 4.78 is 45.4. The summed E-state index contributed by atoms with van der Waals surface area (Å²) in [6.45, 7) is 1.75. The summed E-state index contributed by atoms with van der Waals surface area (Å²) >= 11 is 3.09. The molecule has 0 spiro atoms. The lowest BCUT2D eigenvalue weighted by Crippen LogP contribution is -2.18. The van der Waals surface area contributed by atoms with Crippen LogP contribution in [0.3, 0.4) is 0 Å². The molecule has 8 heteroatoms. The minimum Gasteiger partial charge on any atom is -0.466 e. The highest BCUT2D eigenvalue weighted by Crippen LogP contribution is 2.29. The Hall–Kier alpha value is -1.75. The second kappa shape index (κ2) is 7.31. The number of alkyl halides is 4. The number of benzene rings is 1. The fourth-order valence-electron chi connectivity index (χ4n) is 1.68. The van der Waals surface area contributed by atoms with E-state index in [1.165, 1.54) is 0 Å². The SMILES string of the molecule is CCOC(=O)Cc1cc(OC(F)(F)F)cc(CBr)c1C#N. The zero-order chi connectivity index (χ0) is 16.0. The molecule has 0 radical (unpaired) electrons. The number of hydrogen-bond donors (Lipinski definition) is 0. The molecule has 1 aromatic carbocycles. The van der Waals surface area contributed by atoms with Crippen molar-refractivity contribution in [1.29, 1.82) is 5.26 Å². The number of esters is 1. The average Bonchev–Trinajstić information content (AvgIpc) is 2.36. The Labute approximate surface area is 127 Å². The first-order valence-electron chi connectivity index (χ1n) is 5.84. The average molecular weight is 366 g/mol. The van der Waals surface area contributed by atoms with Gasteiger partial charge in [0, 0.05) is 5.33 Å². The molecular weight excluding hydrogens is 355 g/mol. The minimum absolute atomic E-state index is 0.132. The summed E-state index contributed by atoms with van der Waals surface area (Å²) in [6, 6.07) is 4.01. The molecule has 0 aromatic heterocycles. The minimum atomic E-state index is -4.85. The molecule has 1 aromatic rings. The van der Waals surface area contributed by atoms with Gasteiger partial charge in [-0.25, -0.2) is 0 Å². The molecule has 0 unspecified atom stereocenters. The van der Waals surface area contributed by atoms with Crippen molar-refractivity contribution < 1.29 is 27.4 Å². The third-order valence-electron chi connectivity index (χ3n) is 2.40. The predicted octanol–water partition coefficient (Wildman–Crippen LogP) is 3.46. The van der Waals surface area contributed by atoms with E-state index in [1.807, 2.05) is 6.07 Å². The molecule has 0 aliphatic rings. The van der Waals surface area contributed by atoms with Gasteiger partial charge >= 0.3 is 12.3 Å². The molecule has 0 aliphatic heterocycles. The lowest BCUT2D eigenvalue weighted by Gasteiger charge is -2.13. The van der Waals surface area contributed by atoms with Gasteiger partial charge in [0.05, 0.1) is 24.7 Å². The highest BCUT2D eigenvalue weighted by atomic mass is 79.9. The van der Waals surface area contributed by atoms with Crippen molar-refractivity contribution in [2.45, 2.75) is 25.0 Å². The number of carbonyl (C=O) groups excluding carboxylic acids is 1. The third-order valence-corrected chi connectivity index (χ3v) is 3.01. The first-order valence-corrected chi connectivity index (χ1v) is 6.96. The topological polar surface area (TPSA) is 59.3 Å². The van der Waals surface area contributed by atoms with Crippen LogP contribution >= 0.6 is 15.9 Å². The molecule has 4 nitrogen and oxygen atoms in total. The van der Waals surface area contributed by atoms with Crippen molar-refractivity contribution >= 4 is 21.9 Å². The number of nitrogens with zero attached hydrogens (tertiary/aromatic N) is 1. The maximum atomic E-state index is 12.3. The Morgan fingerprint density at radius 2 is 2.00 bits per heavy atom. The maximum absolute atomic E-state index is 12.3. The highest BCUT2D eigenvalue weighted by molar-refractivity contribution is 9.08. The van der Waals surface area contributed by atoms with E-state index in [-0.39, 0.29) is 29.5 Å². The Kier molecular flexibility index (Phi) is 6.03. The normalized spacial score (nSPS) is 10.9. The Morgan fingerprint density at radius 1 is 1.38 bits per heavy atom. The zero-order valence-corrected chi connectivity index (χ0v) is 12.5. The predicted molar refractivity (Wildman–Crippen MR) is 70.8 cm³/mol. The highest BCUT2D eigenvalue weighted by Gasteiger charge is 2.31. The van der Waals surface area contributed by atoms with Crippen molar-refractivity contribution in [2.24, 2.45) is 0 Å². The molecule has 0 bridgehead atoms. The lowest BCUT2D eigenvalue weighted by atomic mass is 10.00. The van der Waals surface area contributed by atoms with Gasteiger partial charge in [-0.1, -0.05) is 15.9 Å². The largest absolute Gasteiger partial charge is 0.573 e. The van der Waals surface area contributed by atoms with E-state index in [2.05, 4.69) is 20.7 Å². The zero-order valence-electron chi connectivity index (χ0n) is 11.0. The molecule has 0 heterocycles. The second-order valence-electron chi connectivity index (χ2n) is 3.89.